The molecule has 0 radical (unpaired) electrons. The Morgan fingerprint density at radius 2 is 1.59 bits per heavy atom. The number of carbonyl (C=O) groups is 1. The molecule has 0 aromatic rings. The van der Waals surface area contributed by atoms with Crippen molar-refractivity contribution in [1.82, 2.24) is 0 Å². The zero-order valence-electron chi connectivity index (χ0n) is 14.2. The van der Waals surface area contributed by atoms with Crippen molar-refractivity contribution in [3.8, 4) is 0 Å². The number of aliphatic hydroxyl groups excluding tert-OH is 1. The first kappa shape index (κ1) is 24.5. The van der Waals surface area contributed by atoms with E-state index in [4.69, 9.17) is 0 Å². The van der Waals surface area contributed by atoms with Crippen LogP contribution in [0, 0.1) is 0 Å². The second-order valence-electron chi connectivity index (χ2n) is 5.14. The molecule has 0 aromatic heterocycles. The van der Waals surface area contributed by atoms with Crippen molar-refractivity contribution in [1.29, 1.82) is 0 Å². The van der Waals surface area contributed by atoms with Gasteiger partial charge in [-0.1, -0.05) is 49.8 Å². The van der Waals surface area contributed by atoms with Crippen molar-refractivity contribution in [2.24, 2.45) is 0 Å². The number of hydrogen-bond acceptors (Lipinski definition) is 3. The van der Waals surface area contributed by atoms with Gasteiger partial charge >= 0.3 is 51.4 Å². The van der Waals surface area contributed by atoms with Gasteiger partial charge in [-0.25, -0.2) is 0 Å². The Bertz CT molecular complexity index is 335. The smallest absolute Gasteiger partial charge is 0.550 e. The number of aliphatic hydroxyl groups is 1. The summed E-state index contributed by atoms with van der Waals surface area (Å²) in [5.74, 6) is -1.01. The molecule has 3 nitrogen and oxygen atoms in total. The Morgan fingerprint density at radius 1 is 1.00 bits per heavy atom. The number of unbranched alkanes of at least 4 members (excludes halogenated alkanes) is 1. The zero-order chi connectivity index (χ0) is 15.8. The summed E-state index contributed by atoms with van der Waals surface area (Å²) in [6, 6.07) is 0. The van der Waals surface area contributed by atoms with Crippen molar-refractivity contribution in [3.05, 3.63) is 36.5 Å². The second kappa shape index (κ2) is 19.3. The van der Waals surface area contributed by atoms with Crippen LogP contribution < -0.4 is 56.5 Å². The molecule has 0 aliphatic carbocycles. The van der Waals surface area contributed by atoms with Crippen LogP contribution in [0.2, 0.25) is 0 Å². The van der Waals surface area contributed by atoms with Crippen molar-refractivity contribution < 1.29 is 66.4 Å². The van der Waals surface area contributed by atoms with Crippen LogP contribution in [0.25, 0.3) is 0 Å². The molecule has 4 heteroatoms. The first-order valence-electron chi connectivity index (χ1n) is 7.99. The van der Waals surface area contributed by atoms with Gasteiger partial charge in [0.1, 0.15) is 0 Å². The van der Waals surface area contributed by atoms with E-state index in [-0.39, 0.29) is 63.9 Å². The van der Waals surface area contributed by atoms with Crippen LogP contribution in [-0.2, 0) is 4.79 Å². The van der Waals surface area contributed by atoms with Crippen LogP contribution in [0.1, 0.15) is 64.7 Å². The van der Waals surface area contributed by atoms with E-state index in [2.05, 4.69) is 43.4 Å². The van der Waals surface area contributed by atoms with Gasteiger partial charge in [-0.05, 0) is 51.4 Å². The van der Waals surface area contributed by atoms with E-state index in [1.807, 2.05) is 0 Å². The molecule has 22 heavy (non-hydrogen) atoms. The number of carbonyl (C=O) groups excluding carboxylic acids is 1. The average Bonchev–Trinajstić information content (AvgIpc) is 2.45. The molecule has 0 saturated heterocycles. The molecule has 0 aromatic carbocycles. The molecule has 120 valence electrons. The van der Waals surface area contributed by atoms with E-state index < -0.39 is 5.97 Å². The van der Waals surface area contributed by atoms with Crippen LogP contribution in [0.5, 0.6) is 0 Å². The summed E-state index contributed by atoms with van der Waals surface area (Å²) in [5, 5.41) is 19.9. The van der Waals surface area contributed by atoms with E-state index in [0.29, 0.717) is 12.8 Å². The summed E-state index contributed by atoms with van der Waals surface area (Å²) in [5.41, 5.74) is 0. The number of carboxylic acids is 1. The fraction of sp³-hybridized carbons (Fsp3) is 0.611. The van der Waals surface area contributed by atoms with E-state index in [0.717, 1.165) is 38.5 Å². The van der Waals surface area contributed by atoms with Gasteiger partial charge in [-0.15, -0.1) is 0 Å². The maximum absolute atomic E-state index is 10.2. The SMILES string of the molecule is CC/C=C\C/C=C\C/C=C\CCC(O)CCCCC(=O)[O-].[K+]. The van der Waals surface area contributed by atoms with Gasteiger partial charge in [0.05, 0.1) is 6.10 Å². The molecule has 0 heterocycles. The first-order valence-corrected chi connectivity index (χ1v) is 7.99. The minimum Gasteiger partial charge on any atom is -0.550 e. The minimum absolute atomic E-state index is 0. The monoisotopic (exact) mass is 332 g/mol. The number of rotatable bonds is 13. The maximum atomic E-state index is 10.2. The summed E-state index contributed by atoms with van der Waals surface area (Å²) < 4.78 is 0. The molecule has 1 atom stereocenters. The van der Waals surface area contributed by atoms with Crippen molar-refractivity contribution >= 4 is 5.97 Å². The Labute approximate surface area is 178 Å². The van der Waals surface area contributed by atoms with Crippen LogP contribution >= 0.6 is 0 Å². The first-order chi connectivity index (χ1) is 10.2. The molecule has 0 rings (SSSR count). The van der Waals surface area contributed by atoms with Gasteiger partial charge < -0.3 is 15.0 Å². The predicted octanol–water partition coefficient (Wildman–Crippen LogP) is 0.301. The summed E-state index contributed by atoms with van der Waals surface area (Å²) in [6.45, 7) is 2.13. The van der Waals surface area contributed by atoms with Gasteiger partial charge in [0.25, 0.3) is 0 Å². The molecule has 1 unspecified atom stereocenters. The Hall–Kier alpha value is 0.286. The molecule has 0 aliphatic heterocycles. The molecule has 0 fully saturated rings. The minimum atomic E-state index is -1.01. The average molecular weight is 333 g/mol. The Kier molecular flexibility index (Phi) is 21.6. The van der Waals surface area contributed by atoms with Crippen LogP contribution in [0.15, 0.2) is 36.5 Å². The van der Waals surface area contributed by atoms with Crippen LogP contribution in [0.4, 0.5) is 0 Å². The van der Waals surface area contributed by atoms with E-state index >= 15 is 0 Å². The molecule has 0 saturated carbocycles. The van der Waals surface area contributed by atoms with E-state index in [1.54, 1.807) is 0 Å². The zero-order valence-corrected chi connectivity index (χ0v) is 17.3. The molecule has 0 spiro atoms. The van der Waals surface area contributed by atoms with E-state index in [1.165, 1.54) is 0 Å². The van der Waals surface area contributed by atoms with Gasteiger partial charge in [-0.2, -0.15) is 0 Å². The van der Waals surface area contributed by atoms with Crippen molar-refractivity contribution in [2.45, 2.75) is 70.8 Å². The van der Waals surface area contributed by atoms with Gasteiger partial charge in [0, 0.05) is 5.97 Å². The summed E-state index contributed by atoms with van der Waals surface area (Å²) in [7, 11) is 0. The number of aliphatic carboxylic acids is 1. The van der Waals surface area contributed by atoms with Crippen molar-refractivity contribution in [3.63, 3.8) is 0 Å². The van der Waals surface area contributed by atoms with Gasteiger partial charge in [0.15, 0.2) is 0 Å². The number of carboxylic acid groups (broad SMARTS) is 1. The van der Waals surface area contributed by atoms with Crippen molar-refractivity contribution in [2.75, 3.05) is 0 Å². The third kappa shape index (κ3) is 20.3. The Morgan fingerprint density at radius 3 is 2.18 bits per heavy atom. The molecular weight excluding hydrogens is 303 g/mol. The van der Waals surface area contributed by atoms with Gasteiger partial charge in [0.2, 0.25) is 0 Å². The van der Waals surface area contributed by atoms with E-state index in [9.17, 15) is 15.0 Å². The summed E-state index contributed by atoms with van der Waals surface area (Å²) in [4.78, 5) is 10.2. The third-order valence-electron chi connectivity index (χ3n) is 3.11. The topological polar surface area (TPSA) is 60.4 Å². The quantitative estimate of drug-likeness (QED) is 0.300. The second-order valence-corrected chi connectivity index (χ2v) is 5.14. The third-order valence-corrected chi connectivity index (χ3v) is 3.11. The van der Waals surface area contributed by atoms with Gasteiger partial charge in [-0.3, -0.25) is 0 Å². The number of allylic oxidation sites excluding steroid dienone is 6. The predicted molar refractivity (Wildman–Crippen MR) is 85.7 cm³/mol. The molecular formula is C18H29KO3. The fourth-order valence-electron chi connectivity index (χ4n) is 1.91. The van der Waals surface area contributed by atoms with Crippen LogP contribution in [0.3, 0.4) is 0 Å². The summed E-state index contributed by atoms with van der Waals surface area (Å²) in [6.07, 6.45) is 19.2. The normalized spacial score (nSPS) is 13.0. The standard InChI is InChI=1S/C18H30O3.K/c1-2-3-4-5-6-7-8-9-10-11-14-17(19)15-12-13-16-18(20)21;/h3-4,6-7,9-10,17,19H,2,5,8,11-16H2,1H3,(H,20,21);/q;+1/p-1/b4-3-,7-6-,10-9-;. The largest absolute Gasteiger partial charge is 1.00 e. The maximum Gasteiger partial charge on any atom is 1.00 e. The fourth-order valence-corrected chi connectivity index (χ4v) is 1.91. The molecule has 0 bridgehead atoms. The summed E-state index contributed by atoms with van der Waals surface area (Å²) >= 11 is 0. The molecule has 0 amide bonds. The molecule has 1 N–H and O–H groups in total. The molecule has 0 aliphatic rings. The Balaban J connectivity index is 0. The van der Waals surface area contributed by atoms with Crippen LogP contribution in [-0.4, -0.2) is 17.2 Å². The number of hydrogen-bond donors (Lipinski definition) is 1.